The molecule has 18 heavy (non-hydrogen) atoms. The molecule has 2 rings (SSSR count). The summed E-state index contributed by atoms with van der Waals surface area (Å²) in [6, 6.07) is 1.28. The zero-order valence-corrected chi connectivity index (χ0v) is 11.5. The van der Waals surface area contributed by atoms with Crippen LogP contribution in [0, 0.1) is 5.92 Å². The topological polar surface area (TPSA) is 58.4 Å². The predicted octanol–water partition coefficient (Wildman–Crippen LogP) is 1.10. The van der Waals surface area contributed by atoms with Crippen LogP contribution in [-0.4, -0.2) is 42.5 Å². The van der Waals surface area contributed by atoms with Gasteiger partial charge in [-0.05, 0) is 52.1 Å². The molecule has 0 radical (unpaired) electrons. The predicted molar refractivity (Wildman–Crippen MR) is 73.2 cm³/mol. The number of amides is 1. The Kier molecular flexibility index (Phi) is 5.01. The van der Waals surface area contributed by atoms with E-state index in [1.807, 2.05) is 0 Å². The lowest BCUT2D eigenvalue weighted by molar-refractivity contribution is -0.124. The van der Waals surface area contributed by atoms with Gasteiger partial charge in [-0.3, -0.25) is 9.69 Å². The Morgan fingerprint density at radius 3 is 2.83 bits per heavy atom. The molecule has 2 aliphatic rings. The Balaban J connectivity index is 1.77. The lowest BCUT2D eigenvalue weighted by atomic mass is 9.92. The van der Waals surface area contributed by atoms with Crippen LogP contribution >= 0.6 is 0 Å². The smallest absolute Gasteiger partial charge is 0.221 e. The highest BCUT2D eigenvalue weighted by atomic mass is 16.1. The van der Waals surface area contributed by atoms with E-state index < -0.39 is 0 Å². The van der Waals surface area contributed by atoms with Gasteiger partial charge in [0.15, 0.2) is 0 Å². The zero-order chi connectivity index (χ0) is 13.0. The molecule has 104 valence electrons. The minimum atomic E-state index is -0.123. The van der Waals surface area contributed by atoms with Crippen LogP contribution in [0.1, 0.15) is 45.4 Å². The van der Waals surface area contributed by atoms with E-state index in [2.05, 4.69) is 17.1 Å². The number of carbonyl (C=O) groups excluding carboxylic acids is 1. The third-order valence-electron chi connectivity index (χ3n) is 4.59. The fourth-order valence-electron chi connectivity index (χ4n) is 3.22. The quantitative estimate of drug-likeness (QED) is 0.789. The molecule has 3 unspecified atom stereocenters. The maximum Gasteiger partial charge on any atom is 0.221 e. The molecule has 2 fully saturated rings. The molecule has 0 aromatic rings. The average molecular weight is 253 g/mol. The highest BCUT2D eigenvalue weighted by molar-refractivity contribution is 5.76. The molecular weight excluding hydrogens is 226 g/mol. The molecule has 1 amide bonds. The van der Waals surface area contributed by atoms with Crippen molar-refractivity contribution in [3.8, 4) is 0 Å². The highest BCUT2D eigenvalue weighted by Gasteiger charge is 2.28. The summed E-state index contributed by atoms with van der Waals surface area (Å²) in [5.74, 6) is -0.0526. The first-order chi connectivity index (χ1) is 8.66. The number of nitrogens with two attached hydrogens (primary N) is 1. The number of nitrogens with zero attached hydrogens (tertiary/aromatic N) is 1. The minimum absolute atomic E-state index is 0.0699. The molecule has 2 aliphatic heterocycles. The van der Waals surface area contributed by atoms with Crippen molar-refractivity contribution in [2.45, 2.75) is 57.5 Å². The number of hydrogen-bond acceptors (Lipinski definition) is 3. The SMILES string of the molecule is CC1CCC(C(N)=O)CN1CCC1CCCCN1. The number of piperidine rings is 2. The van der Waals surface area contributed by atoms with Crippen molar-refractivity contribution >= 4 is 5.91 Å². The normalized spacial score (nSPS) is 34.4. The summed E-state index contributed by atoms with van der Waals surface area (Å²) in [5, 5.41) is 3.59. The minimum Gasteiger partial charge on any atom is -0.369 e. The van der Waals surface area contributed by atoms with Gasteiger partial charge in [-0.25, -0.2) is 0 Å². The van der Waals surface area contributed by atoms with Gasteiger partial charge in [-0.15, -0.1) is 0 Å². The first-order valence-electron chi connectivity index (χ1n) is 7.43. The van der Waals surface area contributed by atoms with Gasteiger partial charge in [-0.1, -0.05) is 6.42 Å². The maximum atomic E-state index is 11.3. The van der Waals surface area contributed by atoms with Crippen LogP contribution in [0.2, 0.25) is 0 Å². The second-order valence-corrected chi connectivity index (χ2v) is 5.96. The van der Waals surface area contributed by atoms with Gasteiger partial charge in [0.05, 0.1) is 5.92 Å². The number of likely N-dealkylation sites (tertiary alicyclic amines) is 1. The van der Waals surface area contributed by atoms with Gasteiger partial charge >= 0.3 is 0 Å². The first kappa shape index (κ1) is 13.8. The monoisotopic (exact) mass is 253 g/mol. The summed E-state index contributed by atoms with van der Waals surface area (Å²) >= 11 is 0. The van der Waals surface area contributed by atoms with Gasteiger partial charge in [0.1, 0.15) is 0 Å². The van der Waals surface area contributed by atoms with E-state index in [0.29, 0.717) is 12.1 Å². The van der Waals surface area contributed by atoms with E-state index in [1.165, 1.54) is 32.2 Å². The van der Waals surface area contributed by atoms with Crippen LogP contribution in [-0.2, 0) is 4.79 Å². The average Bonchev–Trinajstić information content (AvgIpc) is 2.38. The van der Waals surface area contributed by atoms with Crippen molar-refractivity contribution in [2.24, 2.45) is 11.7 Å². The van der Waals surface area contributed by atoms with Crippen molar-refractivity contribution < 1.29 is 4.79 Å². The van der Waals surface area contributed by atoms with Crippen molar-refractivity contribution in [1.29, 1.82) is 0 Å². The Labute approximate surface area is 110 Å². The highest BCUT2D eigenvalue weighted by Crippen LogP contribution is 2.22. The van der Waals surface area contributed by atoms with E-state index in [9.17, 15) is 4.79 Å². The summed E-state index contributed by atoms with van der Waals surface area (Å²) < 4.78 is 0. The third kappa shape index (κ3) is 3.69. The van der Waals surface area contributed by atoms with E-state index in [0.717, 1.165) is 25.9 Å². The van der Waals surface area contributed by atoms with Gasteiger partial charge in [0.2, 0.25) is 5.91 Å². The molecule has 2 heterocycles. The number of nitrogens with one attached hydrogen (secondary N) is 1. The van der Waals surface area contributed by atoms with Crippen LogP contribution < -0.4 is 11.1 Å². The number of primary amides is 1. The second-order valence-electron chi connectivity index (χ2n) is 5.96. The molecule has 0 spiro atoms. The van der Waals surface area contributed by atoms with E-state index in [-0.39, 0.29) is 11.8 Å². The van der Waals surface area contributed by atoms with E-state index >= 15 is 0 Å². The van der Waals surface area contributed by atoms with Crippen LogP contribution in [0.15, 0.2) is 0 Å². The lowest BCUT2D eigenvalue weighted by Gasteiger charge is -2.38. The van der Waals surface area contributed by atoms with Gasteiger partial charge in [0.25, 0.3) is 0 Å². The number of carbonyl (C=O) groups is 1. The summed E-state index contributed by atoms with van der Waals surface area (Å²) in [7, 11) is 0. The second kappa shape index (κ2) is 6.53. The Hall–Kier alpha value is -0.610. The molecule has 0 saturated carbocycles. The summed E-state index contributed by atoms with van der Waals surface area (Å²) in [6.07, 6.45) is 7.26. The zero-order valence-electron chi connectivity index (χ0n) is 11.5. The van der Waals surface area contributed by atoms with E-state index in [4.69, 9.17) is 5.73 Å². The van der Waals surface area contributed by atoms with Gasteiger partial charge < -0.3 is 11.1 Å². The molecule has 4 heteroatoms. The Morgan fingerprint density at radius 1 is 1.33 bits per heavy atom. The van der Waals surface area contributed by atoms with Gasteiger partial charge in [0, 0.05) is 18.6 Å². The molecule has 3 N–H and O–H groups in total. The van der Waals surface area contributed by atoms with Crippen molar-refractivity contribution in [3.63, 3.8) is 0 Å². The number of rotatable bonds is 4. The fourth-order valence-corrected chi connectivity index (χ4v) is 3.22. The molecule has 2 saturated heterocycles. The maximum absolute atomic E-state index is 11.3. The Morgan fingerprint density at radius 2 is 2.17 bits per heavy atom. The first-order valence-corrected chi connectivity index (χ1v) is 7.43. The molecule has 3 atom stereocenters. The molecule has 0 aliphatic carbocycles. The largest absolute Gasteiger partial charge is 0.369 e. The molecule has 4 nitrogen and oxygen atoms in total. The van der Waals surface area contributed by atoms with Crippen LogP contribution in [0.3, 0.4) is 0 Å². The molecular formula is C14H27N3O. The van der Waals surface area contributed by atoms with Crippen molar-refractivity contribution in [2.75, 3.05) is 19.6 Å². The number of hydrogen-bond donors (Lipinski definition) is 2. The molecule has 0 aromatic carbocycles. The molecule has 0 bridgehead atoms. The standard InChI is InChI=1S/C14H27N3O/c1-11-5-6-12(14(15)18)10-17(11)9-7-13-4-2-3-8-16-13/h11-13,16H,2-10H2,1H3,(H2,15,18). The Bertz CT molecular complexity index is 276. The summed E-state index contributed by atoms with van der Waals surface area (Å²) in [6.45, 7) is 5.40. The van der Waals surface area contributed by atoms with Crippen molar-refractivity contribution in [1.82, 2.24) is 10.2 Å². The van der Waals surface area contributed by atoms with Crippen LogP contribution in [0.25, 0.3) is 0 Å². The van der Waals surface area contributed by atoms with E-state index in [1.54, 1.807) is 0 Å². The van der Waals surface area contributed by atoms with Crippen molar-refractivity contribution in [3.05, 3.63) is 0 Å². The lowest BCUT2D eigenvalue weighted by Crippen LogP contribution is -2.47. The fraction of sp³-hybridized carbons (Fsp3) is 0.929. The summed E-state index contributed by atoms with van der Waals surface area (Å²) in [4.78, 5) is 13.7. The van der Waals surface area contributed by atoms with Crippen LogP contribution in [0.5, 0.6) is 0 Å². The van der Waals surface area contributed by atoms with Gasteiger partial charge in [-0.2, -0.15) is 0 Å². The molecule has 0 aromatic heterocycles. The van der Waals surface area contributed by atoms with Crippen LogP contribution in [0.4, 0.5) is 0 Å². The summed E-state index contributed by atoms with van der Waals surface area (Å²) in [5.41, 5.74) is 5.44. The third-order valence-corrected chi connectivity index (χ3v) is 4.59.